The lowest BCUT2D eigenvalue weighted by Crippen LogP contribution is -2.16. The van der Waals surface area contributed by atoms with E-state index in [9.17, 15) is 26.7 Å². The van der Waals surface area contributed by atoms with Crippen LogP contribution in [0.15, 0.2) is 6.07 Å². The average molecular weight is 285 g/mol. The summed E-state index contributed by atoms with van der Waals surface area (Å²) in [5.41, 5.74) is -3.65. The first-order valence-corrected chi connectivity index (χ1v) is 4.75. The topological polar surface area (TPSA) is 48.4 Å². The Morgan fingerprint density at radius 1 is 1.32 bits per heavy atom. The summed E-state index contributed by atoms with van der Waals surface area (Å²) in [5.74, 6) is -2.04. The molecule has 0 aliphatic heterocycles. The molecule has 0 fully saturated rings. The lowest BCUT2D eigenvalue weighted by molar-refractivity contribution is -0.141. The van der Waals surface area contributed by atoms with Crippen molar-refractivity contribution in [3.63, 3.8) is 0 Å². The number of halogens is 5. The maximum absolute atomic E-state index is 12.7. The van der Waals surface area contributed by atoms with Crippen LogP contribution in [0.5, 0.6) is 5.75 Å². The van der Waals surface area contributed by atoms with Gasteiger partial charge in [-0.2, -0.15) is 13.2 Å². The number of carbonyl (C=O) groups is 1. The number of aromatic nitrogens is 1. The summed E-state index contributed by atoms with van der Waals surface area (Å²) in [6.07, 6.45) is -8.24. The summed E-state index contributed by atoms with van der Waals surface area (Å²) in [6.45, 7) is 0. The van der Waals surface area contributed by atoms with Crippen molar-refractivity contribution in [3.8, 4) is 5.75 Å². The molecule has 0 N–H and O–H groups in total. The lowest BCUT2D eigenvalue weighted by atomic mass is 10.1. The van der Waals surface area contributed by atoms with Crippen LogP contribution in [0.2, 0.25) is 0 Å². The molecule has 0 bridgehead atoms. The highest BCUT2D eigenvalue weighted by molar-refractivity contribution is 5.90. The molecule has 1 aromatic heterocycles. The van der Waals surface area contributed by atoms with E-state index >= 15 is 0 Å². The van der Waals surface area contributed by atoms with Crippen molar-refractivity contribution in [2.75, 3.05) is 14.2 Å². The second-order valence-corrected chi connectivity index (χ2v) is 3.27. The zero-order valence-electron chi connectivity index (χ0n) is 9.72. The molecule has 0 unspecified atom stereocenters. The predicted octanol–water partition coefficient (Wildman–Crippen LogP) is 2.83. The SMILES string of the molecule is COC(=O)c1nc(C(F)(F)F)cc(C(F)F)c1OC. The van der Waals surface area contributed by atoms with E-state index in [4.69, 9.17) is 0 Å². The van der Waals surface area contributed by atoms with Crippen molar-refractivity contribution in [3.05, 3.63) is 23.0 Å². The van der Waals surface area contributed by atoms with Gasteiger partial charge in [0.2, 0.25) is 0 Å². The number of ether oxygens (including phenoxy) is 2. The zero-order chi connectivity index (χ0) is 14.8. The maximum atomic E-state index is 12.7. The number of esters is 1. The van der Waals surface area contributed by atoms with E-state index in [2.05, 4.69) is 14.5 Å². The van der Waals surface area contributed by atoms with Crippen LogP contribution in [0.25, 0.3) is 0 Å². The minimum absolute atomic E-state index is 0.135. The first kappa shape index (κ1) is 15.1. The Hall–Kier alpha value is -1.93. The van der Waals surface area contributed by atoms with Crippen LogP contribution in [0, 0.1) is 0 Å². The molecule has 4 nitrogen and oxygen atoms in total. The Morgan fingerprint density at radius 3 is 2.26 bits per heavy atom. The summed E-state index contributed by atoms with van der Waals surface area (Å²) < 4.78 is 71.7. The number of methoxy groups -OCH3 is 2. The van der Waals surface area contributed by atoms with Gasteiger partial charge in [-0.1, -0.05) is 0 Å². The number of carbonyl (C=O) groups excluding carboxylic acids is 1. The summed E-state index contributed by atoms with van der Waals surface area (Å²) in [5, 5.41) is 0. The average Bonchev–Trinajstić information content (AvgIpc) is 2.34. The van der Waals surface area contributed by atoms with Gasteiger partial charge < -0.3 is 9.47 Å². The molecule has 0 saturated heterocycles. The number of hydrogen-bond donors (Lipinski definition) is 0. The van der Waals surface area contributed by atoms with Gasteiger partial charge in [0.1, 0.15) is 5.69 Å². The molecule has 0 amide bonds. The Kier molecular flexibility index (Phi) is 4.28. The highest BCUT2D eigenvalue weighted by atomic mass is 19.4. The molecule has 0 aromatic carbocycles. The van der Waals surface area contributed by atoms with Gasteiger partial charge in [0.25, 0.3) is 6.43 Å². The second-order valence-electron chi connectivity index (χ2n) is 3.27. The van der Waals surface area contributed by atoms with Gasteiger partial charge in [0.05, 0.1) is 19.8 Å². The van der Waals surface area contributed by atoms with Crippen LogP contribution in [0.4, 0.5) is 22.0 Å². The van der Waals surface area contributed by atoms with Gasteiger partial charge in [0, 0.05) is 0 Å². The predicted molar refractivity (Wildman–Crippen MR) is 52.1 cm³/mol. The van der Waals surface area contributed by atoms with Crippen LogP contribution < -0.4 is 4.74 Å². The standard InChI is InChI=1S/C10H8F5NO3/c1-18-7-4(8(11)12)3-5(10(13,14)15)16-6(7)9(17)19-2/h3,8H,1-2H3. The lowest BCUT2D eigenvalue weighted by Gasteiger charge is -2.14. The first-order valence-electron chi connectivity index (χ1n) is 4.75. The number of alkyl halides is 5. The van der Waals surface area contributed by atoms with Crippen molar-refractivity contribution < 1.29 is 36.2 Å². The Morgan fingerprint density at radius 2 is 1.89 bits per heavy atom. The van der Waals surface area contributed by atoms with E-state index in [0.29, 0.717) is 0 Å². The molecule has 1 aromatic rings. The molecule has 9 heteroatoms. The van der Waals surface area contributed by atoms with Crippen molar-refractivity contribution in [1.29, 1.82) is 0 Å². The van der Waals surface area contributed by atoms with Crippen LogP contribution in [-0.2, 0) is 10.9 Å². The summed E-state index contributed by atoms with van der Waals surface area (Å²) >= 11 is 0. The van der Waals surface area contributed by atoms with Crippen molar-refractivity contribution in [2.24, 2.45) is 0 Å². The normalized spacial score (nSPS) is 11.6. The van der Waals surface area contributed by atoms with Crippen LogP contribution in [0.1, 0.15) is 28.2 Å². The highest BCUT2D eigenvalue weighted by Gasteiger charge is 2.37. The van der Waals surface area contributed by atoms with Gasteiger partial charge in [-0.05, 0) is 6.07 Å². The van der Waals surface area contributed by atoms with Gasteiger partial charge >= 0.3 is 12.1 Å². The number of pyridine rings is 1. The van der Waals surface area contributed by atoms with E-state index in [-0.39, 0.29) is 6.07 Å². The molecule has 0 saturated carbocycles. The van der Waals surface area contributed by atoms with Gasteiger partial charge in [-0.15, -0.1) is 0 Å². The Bertz CT molecular complexity index is 487. The molecular weight excluding hydrogens is 277 g/mol. The molecule has 0 atom stereocenters. The quantitative estimate of drug-likeness (QED) is 0.633. The molecule has 0 aliphatic carbocycles. The van der Waals surface area contributed by atoms with E-state index < -0.39 is 41.3 Å². The third-order valence-corrected chi connectivity index (χ3v) is 2.11. The van der Waals surface area contributed by atoms with Crippen LogP contribution >= 0.6 is 0 Å². The Labute approximate surface area is 104 Å². The minimum atomic E-state index is -4.97. The smallest absolute Gasteiger partial charge is 0.433 e. The van der Waals surface area contributed by atoms with Crippen molar-refractivity contribution in [2.45, 2.75) is 12.6 Å². The third-order valence-electron chi connectivity index (χ3n) is 2.11. The maximum Gasteiger partial charge on any atom is 0.433 e. The van der Waals surface area contributed by atoms with Gasteiger partial charge in [-0.3, -0.25) is 0 Å². The summed E-state index contributed by atoms with van der Waals surface area (Å²) in [4.78, 5) is 14.2. The molecule has 106 valence electrons. The molecule has 0 spiro atoms. The summed E-state index contributed by atoms with van der Waals surface area (Å²) in [7, 11) is 1.81. The van der Waals surface area contributed by atoms with Crippen molar-refractivity contribution in [1.82, 2.24) is 4.98 Å². The largest absolute Gasteiger partial charge is 0.494 e. The fraction of sp³-hybridized carbons (Fsp3) is 0.400. The van der Waals surface area contributed by atoms with E-state index in [0.717, 1.165) is 14.2 Å². The Balaban J connectivity index is 3.59. The van der Waals surface area contributed by atoms with E-state index in [1.165, 1.54) is 0 Å². The molecule has 19 heavy (non-hydrogen) atoms. The molecular formula is C10H8F5NO3. The monoisotopic (exact) mass is 285 g/mol. The van der Waals surface area contributed by atoms with E-state index in [1.807, 2.05) is 0 Å². The minimum Gasteiger partial charge on any atom is -0.494 e. The third kappa shape index (κ3) is 3.09. The van der Waals surface area contributed by atoms with Crippen molar-refractivity contribution >= 4 is 5.97 Å². The summed E-state index contributed by atoms with van der Waals surface area (Å²) in [6, 6.07) is 0.135. The molecule has 1 heterocycles. The van der Waals surface area contributed by atoms with Crippen LogP contribution in [0.3, 0.4) is 0 Å². The molecule has 0 radical (unpaired) electrons. The molecule has 0 aliphatic rings. The second kappa shape index (κ2) is 5.37. The number of hydrogen-bond acceptors (Lipinski definition) is 4. The first-order chi connectivity index (χ1) is 8.72. The fourth-order valence-electron chi connectivity index (χ4n) is 1.31. The van der Waals surface area contributed by atoms with Gasteiger partial charge in [-0.25, -0.2) is 18.6 Å². The zero-order valence-corrected chi connectivity index (χ0v) is 9.72. The molecule has 1 rings (SSSR count). The number of nitrogens with zero attached hydrogens (tertiary/aromatic N) is 1. The van der Waals surface area contributed by atoms with E-state index in [1.54, 1.807) is 0 Å². The van der Waals surface area contributed by atoms with Crippen LogP contribution in [-0.4, -0.2) is 25.2 Å². The fourth-order valence-corrected chi connectivity index (χ4v) is 1.31. The number of rotatable bonds is 3. The van der Waals surface area contributed by atoms with Gasteiger partial charge in [0.15, 0.2) is 11.4 Å². The highest BCUT2D eigenvalue weighted by Crippen LogP contribution is 2.37.